The van der Waals surface area contributed by atoms with Crippen molar-refractivity contribution in [2.45, 2.75) is 23.8 Å². The molecule has 5 nitrogen and oxygen atoms in total. The molecule has 2 aromatic carbocycles. The van der Waals surface area contributed by atoms with E-state index in [1.54, 1.807) is 24.4 Å². The highest BCUT2D eigenvalue weighted by molar-refractivity contribution is 9.10. The third kappa shape index (κ3) is 3.96. The third-order valence-electron chi connectivity index (χ3n) is 6.28. The van der Waals surface area contributed by atoms with E-state index in [1.807, 2.05) is 10.6 Å². The Labute approximate surface area is 198 Å². The highest BCUT2D eigenvalue weighted by Crippen LogP contribution is 2.42. The zero-order chi connectivity index (χ0) is 23.3. The van der Waals surface area contributed by atoms with Crippen LogP contribution in [0.4, 0.5) is 8.78 Å². The van der Waals surface area contributed by atoms with Gasteiger partial charge < -0.3 is 9.30 Å². The first-order chi connectivity index (χ1) is 15.8. The van der Waals surface area contributed by atoms with Crippen LogP contribution >= 0.6 is 15.9 Å². The number of benzene rings is 2. The van der Waals surface area contributed by atoms with Crippen LogP contribution in [0.3, 0.4) is 0 Å². The fourth-order valence-corrected chi connectivity index (χ4v) is 5.75. The largest absolute Gasteiger partial charge is 0.381 e. The van der Waals surface area contributed by atoms with E-state index in [4.69, 9.17) is 4.74 Å². The Hall–Kier alpha value is -2.36. The van der Waals surface area contributed by atoms with Gasteiger partial charge >= 0.3 is 0 Å². The number of rotatable bonds is 4. The van der Waals surface area contributed by atoms with Crippen LogP contribution in [0.25, 0.3) is 21.9 Å². The van der Waals surface area contributed by atoms with Crippen molar-refractivity contribution in [1.82, 2.24) is 9.55 Å². The number of halogens is 3. The molecular weight excluding hydrogens is 514 g/mol. The number of ether oxygens (including phenoxy) is 1. The Balaban J connectivity index is 1.93. The van der Waals surface area contributed by atoms with E-state index < -0.39 is 21.7 Å². The molecule has 2 aromatic heterocycles. The van der Waals surface area contributed by atoms with Gasteiger partial charge in [-0.05, 0) is 59.0 Å². The quantitative estimate of drug-likeness (QED) is 0.339. The number of fused-ring (bicyclic) bond motifs is 3. The molecule has 1 aliphatic rings. The lowest BCUT2D eigenvalue weighted by Crippen LogP contribution is -2.27. The Morgan fingerprint density at radius 2 is 1.82 bits per heavy atom. The van der Waals surface area contributed by atoms with Crippen molar-refractivity contribution in [2.24, 2.45) is 5.92 Å². The number of nitrogens with zero attached hydrogens (tertiary/aromatic N) is 2. The predicted molar refractivity (Wildman–Crippen MR) is 126 cm³/mol. The second-order valence-corrected chi connectivity index (χ2v) is 11.3. The zero-order valence-corrected chi connectivity index (χ0v) is 20.2. The zero-order valence-electron chi connectivity index (χ0n) is 17.8. The maximum absolute atomic E-state index is 15.4. The second-order valence-electron chi connectivity index (χ2n) is 8.38. The summed E-state index contributed by atoms with van der Waals surface area (Å²) in [6.45, 7) is 1.08. The third-order valence-corrected chi connectivity index (χ3v) is 7.80. The van der Waals surface area contributed by atoms with Crippen LogP contribution in [0.2, 0.25) is 0 Å². The SMILES string of the molecule is CS(=O)(=O)c1cc(F)c2c3ncc(Br)cc3n([C@H](c3ccccc3F)C3CCOCC3)c2c1. The minimum Gasteiger partial charge on any atom is -0.381 e. The van der Waals surface area contributed by atoms with E-state index in [0.717, 1.165) is 12.3 Å². The van der Waals surface area contributed by atoms with Crippen molar-refractivity contribution in [2.75, 3.05) is 19.5 Å². The summed E-state index contributed by atoms with van der Waals surface area (Å²) in [7, 11) is -3.68. The molecule has 1 atom stereocenters. The van der Waals surface area contributed by atoms with Crippen LogP contribution in [0.5, 0.6) is 0 Å². The van der Waals surface area contributed by atoms with E-state index in [-0.39, 0.29) is 22.0 Å². The van der Waals surface area contributed by atoms with Crippen molar-refractivity contribution < 1.29 is 21.9 Å². The van der Waals surface area contributed by atoms with Crippen LogP contribution < -0.4 is 0 Å². The molecule has 1 aliphatic heterocycles. The van der Waals surface area contributed by atoms with Crippen molar-refractivity contribution in [1.29, 1.82) is 0 Å². The van der Waals surface area contributed by atoms with Crippen LogP contribution in [-0.2, 0) is 14.6 Å². The summed E-state index contributed by atoms with van der Waals surface area (Å²) in [5, 5.41) is 0.221. The van der Waals surface area contributed by atoms with Gasteiger partial charge in [-0.2, -0.15) is 0 Å². The Morgan fingerprint density at radius 1 is 1.09 bits per heavy atom. The molecular formula is C24H21BrF2N2O3S. The molecule has 0 spiro atoms. The van der Waals surface area contributed by atoms with E-state index in [0.29, 0.717) is 52.6 Å². The molecule has 3 heterocycles. The lowest BCUT2D eigenvalue weighted by atomic mass is 9.86. The summed E-state index contributed by atoms with van der Waals surface area (Å²) in [4.78, 5) is 4.32. The molecule has 1 saturated heterocycles. The lowest BCUT2D eigenvalue weighted by molar-refractivity contribution is 0.0548. The van der Waals surface area contributed by atoms with E-state index in [9.17, 15) is 8.42 Å². The molecule has 9 heteroatoms. The van der Waals surface area contributed by atoms with Gasteiger partial charge in [-0.3, -0.25) is 4.98 Å². The fraction of sp³-hybridized carbons (Fsp3) is 0.292. The van der Waals surface area contributed by atoms with Crippen molar-refractivity contribution in [3.05, 3.63) is 70.3 Å². The van der Waals surface area contributed by atoms with Crippen molar-refractivity contribution >= 4 is 47.7 Å². The van der Waals surface area contributed by atoms with Crippen LogP contribution in [0.15, 0.2) is 58.0 Å². The van der Waals surface area contributed by atoms with Gasteiger partial charge in [0, 0.05) is 35.7 Å². The summed E-state index contributed by atoms with van der Waals surface area (Å²) in [6.07, 6.45) is 4.00. The molecule has 0 bridgehead atoms. The summed E-state index contributed by atoms with van der Waals surface area (Å²) in [5.74, 6) is -1.05. The highest BCUT2D eigenvalue weighted by Gasteiger charge is 2.32. The van der Waals surface area contributed by atoms with Gasteiger partial charge in [0.05, 0.1) is 32.9 Å². The van der Waals surface area contributed by atoms with Crippen molar-refractivity contribution in [3.63, 3.8) is 0 Å². The number of hydrogen-bond donors (Lipinski definition) is 0. The average Bonchev–Trinajstić information content (AvgIpc) is 3.09. The van der Waals surface area contributed by atoms with Gasteiger partial charge in [-0.15, -0.1) is 0 Å². The van der Waals surface area contributed by atoms with Gasteiger partial charge in [0.15, 0.2) is 9.84 Å². The standard InChI is InChI=1S/C24H21BrF2N2O3S/c1-33(30,31)16-11-19(27)22-20(12-16)29(21-10-15(25)13-28-23(21)22)24(14-6-8-32-9-7-14)17-4-2-3-5-18(17)26/h2-5,10-14,24H,6-9H2,1H3/t24-/m0/s1. The molecule has 5 rings (SSSR count). The smallest absolute Gasteiger partial charge is 0.175 e. The highest BCUT2D eigenvalue weighted by atomic mass is 79.9. The second kappa shape index (κ2) is 8.45. The Kier molecular flexibility index (Phi) is 5.74. The lowest BCUT2D eigenvalue weighted by Gasteiger charge is -2.33. The number of sulfone groups is 1. The van der Waals surface area contributed by atoms with Gasteiger partial charge in [-0.25, -0.2) is 17.2 Å². The summed E-state index contributed by atoms with van der Waals surface area (Å²) in [5.41, 5.74) is 1.84. The van der Waals surface area contributed by atoms with Crippen molar-refractivity contribution in [3.8, 4) is 0 Å². The van der Waals surface area contributed by atoms with Gasteiger partial charge in [0.1, 0.15) is 11.6 Å². The first kappa shape index (κ1) is 22.4. The monoisotopic (exact) mass is 534 g/mol. The molecule has 1 fully saturated rings. The molecule has 0 radical (unpaired) electrons. The summed E-state index contributed by atoms with van der Waals surface area (Å²) >= 11 is 3.44. The first-order valence-corrected chi connectivity index (χ1v) is 13.2. The van der Waals surface area contributed by atoms with Gasteiger partial charge in [0.25, 0.3) is 0 Å². The topological polar surface area (TPSA) is 61.2 Å². The molecule has 4 aromatic rings. The normalized spacial score (nSPS) is 16.5. The molecule has 0 N–H and O–H groups in total. The molecule has 33 heavy (non-hydrogen) atoms. The van der Waals surface area contributed by atoms with E-state index in [1.165, 1.54) is 12.1 Å². The van der Waals surface area contributed by atoms with Gasteiger partial charge in [-0.1, -0.05) is 18.2 Å². The van der Waals surface area contributed by atoms with E-state index in [2.05, 4.69) is 20.9 Å². The van der Waals surface area contributed by atoms with Gasteiger partial charge in [0.2, 0.25) is 0 Å². The fourth-order valence-electron chi connectivity index (χ4n) is 4.79. The molecule has 0 unspecified atom stereocenters. The predicted octanol–water partition coefficient (Wildman–Crippen LogP) is 5.65. The van der Waals surface area contributed by atoms with Crippen LogP contribution in [-0.4, -0.2) is 37.4 Å². The van der Waals surface area contributed by atoms with Crippen LogP contribution in [0.1, 0.15) is 24.4 Å². The number of aromatic nitrogens is 2. The van der Waals surface area contributed by atoms with Crippen LogP contribution in [0, 0.1) is 17.6 Å². The minimum absolute atomic E-state index is 0.00150. The average molecular weight is 535 g/mol. The number of hydrogen-bond acceptors (Lipinski definition) is 4. The number of pyridine rings is 1. The summed E-state index contributed by atoms with van der Waals surface area (Å²) < 4.78 is 63.3. The maximum Gasteiger partial charge on any atom is 0.175 e. The summed E-state index contributed by atoms with van der Waals surface area (Å²) in [6, 6.07) is 10.4. The molecule has 0 saturated carbocycles. The molecule has 172 valence electrons. The minimum atomic E-state index is -3.68. The Bertz CT molecular complexity index is 1480. The van der Waals surface area contributed by atoms with E-state index >= 15 is 8.78 Å². The Morgan fingerprint density at radius 3 is 2.52 bits per heavy atom. The first-order valence-electron chi connectivity index (χ1n) is 10.6. The maximum atomic E-state index is 15.4. The molecule has 0 amide bonds. The molecule has 0 aliphatic carbocycles.